The number of aromatic nitrogens is 3. The Balaban J connectivity index is 1.37. The summed E-state index contributed by atoms with van der Waals surface area (Å²) < 4.78 is 5.33. The lowest BCUT2D eigenvalue weighted by Crippen LogP contribution is -2.46. The van der Waals surface area contributed by atoms with E-state index in [2.05, 4.69) is 43.2 Å². The number of anilines is 2. The van der Waals surface area contributed by atoms with Gasteiger partial charge in [-0.1, -0.05) is 25.1 Å². The van der Waals surface area contributed by atoms with Gasteiger partial charge in [-0.05, 0) is 41.5 Å². The molecule has 1 fully saturated rings. The molecule has 0 bridgehead atoms. The molecule has 1 aromatic carbocycles. The van der Waals surface area contributed by atoms with Gasteiger partial charge in [0.05, 0.1) is 0 Å². The first-order chi connectivity index (χ1) is 13.3. The van der Waals surface area contributed by atoms with Crippen molar-refractivity contribution < 1.29 is 4.52 Å². The van der Waals surface area contributed by atoms with Crippen LogP contribution in [0.2, 0.25) is 0 Å². The molecule has 0 amide bonds. The second kappa shape index (κ2) is 8.18. The van der Waals surface area contributed by atoms with Gasteiger partial charge in [0.2, 0.25) is 0 Å². The van der Waals surface area contributed by atoms with Gasteiger partial charge in [0.1, 0.15) is 5.82 Å². The molecule has 1 saturated heterocycles. The normalized spacial score (nSPS) is 15.1. The van der Waals surface area contributed by atoms with Gasteiger partial charge in [-0.25, -0.2) is 4.98 Å². The van der Waals surface area contributed by atoms with Crippen molar-refractivity contribution in [2.75, 3.05) is 42.9 Å². The van der Waals surface area contributed by atoms with Crippen molar-refractivity contribution in [1.82, 2.24) is 20.0 Å². The molecular weight excluding hydrogens is 340 g/mol. The summed E-state index contributed by atoms with van der Waals surface area (Å²) in [4.78, 5) is 13.8. The minimum Gasteiger partial charge on any atom is -0.354 e. The van der Waals surface area contributed by atoms with E-state index in [9.17, 15) is 0 Å². The number of nitrogens with zero attached hydrogens (tertiary/aromatic N) is 5. The van der Waals surface area contributed by atoms with Gasteiger partial charge in [-0.2, -0.15) is 4.98 Å². The quantitative estimate of drug-likeness (QED) is 0.721. The van der Waals surface area contributed by atoms with Crippen LogP contribution in [0.5, 0.6) is 0 Å². The zero-order valence-corrected chi connectivity index (χ0v) is 15.5. The van der Waals surface area contributed by atoms with Crippen molar-refractivity contribution in [3.63, 3.8) is 0 Å². The first-order valence-electron chi connectivity index (χ1n) is 9.37. The summed E-state index contributed by atoms with van der Waals surface area (Å²) in [7, 11) is 0. The summed E-state index contributed by atoms with van der Waals surface area (Å²) >= 11 is 0. The largest absolute Gasteiger partial charge is 0.354 e. The molecule has 4 rings (SSSR count). The summed E-state index contributed by atoms with van der Waals surface area (Å²) in [5.41, 5.74) is 2.06. The SMILES string of the molecule is CCN1CCN(c2cc(CNc3noc(-c4ccccc4)n3)ccn2)CC1. The lowest BCUT2D eigenvalue weighted by molar-refractivity contribution is 0.270. The fourth-order valence-corrected chi connectivity index (χ4v) is 3.21. The molecular formula is C20H24N6O. The second-order valence-electron chi connectivity index (χ2n) is 6.59. The maximum absolute atomic E-state index is 5.33. The molecule has 0 saturated carbocycles. The van der Waals surface area contributed by atoms with E-state index in [1.165, 1.54) is 0 Å². The summed E-state index contributed by atoms with van der Waals surface area (Å²) in [5.74, 6) is 2.04. The average molecular weight is 364 g/mol. The molecule has 2 aromatic heterocycles. The Morgan fingerprint density at radius 1 is 1.07 bits per heavy atom. The minimum absolute atomic E-state index is 0.490. The Labute approximate surface area is 159 Å². The highest BCUT2D eigenvalue weighted by Gasteiger charge is 2.17. The zero-order chi connectivity index (χ0) is 18.5. The number of hydrogen-bond acceptors (Lipinski definition) is 7. The molecule has 0 aliphatic carbocycles. The average Bonchev–Trinajstić information content (AvgIpc) is 3.22. The molecule has 1 aliphatic heterocycles. The minimum atomic E-state index is 0.490. The maximum Gasteiger partial charge on any atom is 0.264 e. The Hall–Kier alpha value is -2.93. The Morgan fingerprint density at radius 2 is 1.89 bits per heavy atom. The van der Waals surface area contributed by atoms with Gasteiger partial charge in [0.25, 0.3) is 11.8 Å². The number of nitrogens with one attached hydrogen (secondary N) is 1. The highest BCUT2D eigenvalue weighted by Crippen LogP contribution is 2.19. The number of hydrogen-bond donors (Lipinski definition) is 1. The lowest BCUT2D eigenvalue weighted by atomic mass is 10.2. The topological polar surface area (TPSA) is 70.3 Å². The van der Waals surface area contributed by atoms with Crippen molar-refractivity contribution in [3.8, 4) is 11.5 Å². The number of benzene rings is 1. The first kappa shape index (κ1) is 17.5. The molecule has 0 atom stereocenters. The van der Waals surface area contributed by atoms with Crippen LogP contribution in [0, 0.1) is 0 Å². The van der Waals surface area contributed by atoms with Crippen LogP contribution in [0.4, 0.5) is 11.8 Å². The molecule has 7 nitrogen and oxygen atoms in total. The molecule has 7 heteroatoms. The molecule has 1 aliphatic rings. The zero-order valence-electron chi connectivity index (χ0n) is 15.5. The second-order valence-corrected chi connectivity index (χ2v) is 6.59. The summed E-state index contributed by atoms with van der Waals surface area (Å²) in [6, 6.07) is 13.9. The van der Waals surface area contributed by atoms with Gasteiger partial charge >= 0.3 is 0 Å². The summed E-state index contributed by atoms with van der Waals surface area (Å²) in [6.07, 6.45) is 1.87. The molecule has 3 aromatic rings. The van der Waals surface area contributed by atoms with Crippen molar-refractivity contribution in [2.24, 2.45) is 0 Å². The Kier molecular flexibility index (Phi) is 5.29. The van der Waals surface area contributed by atoms with Gasteiger partial charge in [-0.15, -0.1) is 0 Å². The molecule has 140 valence electrons. The molecule has 3 heterocycles. The van der Waals surface area contributed by atoms with Crippen molar-refractivity contribution >= 4 is 11.8 Å². The van der Waals surface area contributed by atoms with E-state index >= 15 is 0 Å². The number of pyridine rings is 1. The highest BCUT2D eigenvalue weighted by atomic mass is 16.5. The summed E-state index contributed by atoms with van der Waals surface area (Å²) in [6.45, 7) is 8.16. The van der Waals surface area contributed by atoms with Crippen LogP contribution in [0.1, 0.15) is 12.5 Å². The van der Waals surface area contributed by atoms with Gasteiger partial charge < -0.3 is 19.6 Å². The summed E-state index contributed by atoms with van der Waals surface area (Å²) in [5, 5.41) is 7.24. The van der Waals surface area contributed by atoms with Crippen LogP contribution in [0.3, 0.4) is 0 Å². The lowest BCUT2D eigenvalue weighted by Gasteiger charge is -2.34. The van der Waals surface area contributed by atoms with Crippen LogP contribution in [0.15, 0.2) is 53.2 Å². The van der Waals surface area contributed by atoms with Crippen molar-refractivity contribution in [2.45, 2.75) is 13.5 Å². The number of likely N-dealkylation sites (N-methyl/N-ethyl adjacent to an activating group) is 1. The van der Waals surface area contributed by atoms with E-state index in [0.29, 0.717) is 18.4 Å². The van der Waals surface area contributed by atoms with Gasteiger partial charge in [0.15, 0.2) is 0 Å². The Bertz CT molecular complexity index is 858. The van der Waals surface area contributed by atoms with E-state index in [1.54, 1.807) is 0 Å². The third kappa shape index (κ3) is 4.25. The molecule has 1 N–H and O–H groups in total. The molecule has 0 unspecified atom stereocenters. The van der Waals surface area contributed by atoms with Gasteiger partial charge in [0, 0.05) is 44.5 Å². The van der Waals surface area contributed by atoms with Crippen molar-refractivity contribution in [1.29, 1.82) is 0 Å². The number of rotatable bonds is 6. The first-order valence-corrected chi connectivity index (χ1v) is 9.37. The third-order valence-electron chi connectivity index (χ3n) is 4.85. The fourth-order valence-electron chi connectivity index (χ4n) is 3.21. The van der Waals surface area contributed by atoms with E-state index in [1.807, 2.05) is 42.6 Å². The molecule has 27 heavy (non-hydrogen) atoms. The van der Waals surface area contributed by atoms with Crippen LogP contribution >= 0.6 is 0 Å². The van der Waals surface area contributed by atoms with Crippen LogP contribution in [-0.2, 0) is 6.54 Å². The number of piperazine rings is 1. The predicted octanol–water partition coefficient (Wildman–Crippen LogP) is 2.89. The fraction of sp³-hybridized carbons (Fsp3) is 0.350. The highest BCUT2D eigenvalue weighted by molar-refractivity contribution is 5.53. The monoisotopic (exact) mass is 364 g/mol. The van der Waals surface area contributed by atoms with E-state index < -0.39 is 0 Å². The predicted molar refractivity (Wildman–Crippen MR) is 106 cm³/mol. The van der Waals surface area contributed by atoms with Crippen LogP contribution < -0.4 is 10.2 Å². The van der Waals surface area contributed by atoms with Crippen LogP contribution in [0.25, 0.3) is 11.5 Å². The maximum atomic E-state index is 5.33. The third-order valence-corrected chi connectivity index (χ3v) is 4.85. The van der Waals surface area contributed by atoms with Gasteiger partial charge in [-0.3, -0.25) is 0 Å². The molecule has 0 radical (unpaired) electrons. The van der Waals surface area contributed by atoms with Crippen molar-refractivity contribution in [3.05, 3.63) is 54.2 Å². The standard InChI is InChI=1S/C20H24N6O/c1-2-25-10-12-26(13-11-25)18-14-16(8-9-21-18)15-22-20-23-19(27-24-20)17-6-4-3-5-7-17/h3-9,14H,2,10-13,15H2,1H3,(H,22,24). The van der Waals surface area contributed by atoms with Crippen LogP contribution in [-0.4, -0.2) is 52.7 Å². The smallest absolute Gasteiger partial charge is 0.264 e. The molecule has 0 spiro atoms. The van der Waals surface area contributed by atoms with E-state index in [0.717, 1.165) is 49.7 Å². The van der Waals surface area contributed by atoms with E-state index in [-0.39, 0.29) is 0 Å². The van der Waals surface area contributed by atoms with E-state index in [4.69, 9.17) is 4.52 Å². The Morgan fingerprint density at radius 3 is 2.67 bits per heavy atom.